The third kappa shape index (κ3) is 6.69. The number of piperazine rings is 1. The molecule has 4 aliphatic rings. The summed E-state index contributed by atoms with van der Waals surface area (Å²) in [6, 6.07) is 0.846. The van der Waals surface area contributed by atoms with E-state index in [1.54, 1.807) is 16.9 Å². The minimum atomic E-state index is -4.45. The minimum absolute atomic E-state index is 0.0169. The van der Waals surface area contributed by atoms with E-state index in [4.69, 9.17) is 15.1 Å². The maximum absolute atomic E-state index is 14.2. The molecular weight excluding hydrogens is 651 g/mol. The highest BCUT2D eigenvalue weighted by Gasteiger charge is 2.50. The molecule has 12 nitrogen and oxygen atoms in total. The average molecular weight is 693 g/mol. The monoisotopic (exact) mass is 692 g/mol. The lowest BCUT2D eigenvalue weighted by atomic mass is 9.81. The molecule has 0 aromatic carbocycles. The van der Waals surface area contributed by atoms with Crippen molar-refractivity contribution in [2.75, 3.05) is 38.1 Å². The Morgan fingerprint density at radius 1 is 1.14 bits per heavy atom. The van der Waals surface area contributed by atoms with Crippen LogP contribution in [0.4, 0.5) is 27.8 Å². The van der Waals surface area contributed by atoms with Gasteiger partial charge in [0, 0.05) is 69.6 Å². The van der Waals surface area contributed by atoms with Crippen molar-refractivity contribution in [1.29, 1.82) is 0 Å². The molecule has 266 valence electrons. The Labute approximate surface area is 279 Å². The number of anilines is 1. The Morgan fingerprint density at radius 2 is 1.90 bits per heavy atom. The molecule has 49 heavy (non-hydrogen) atoms. The van der Waals surface area contributed by atoms with Gasteiger partial charge in [0.2, 0.25) is 11.8 Å². The van der Waals surface area contributed by atoms with Crippen LogP contribution in [0.5, 0.6) is 0 Å². The van der Waals surface area contributed by atoms with Crippen LogP contribution in [0.25, 0.3) is 5.78 Å². The summed E-state index contributed by atoms with van der Waals surface area (Å²) in [5.41, 5.74) is 1.07. The fourth-order valence-electron chi connectivity index (χ4n) is 7.71. The van der Waals surface area contributed by atoms with Crippen molar-refractivity contribution in [3.8, 4) is 0 Å². The number of carbonyl (C=O) groups excluding carboxylic acids is 2. The van der Waals surface area contributed by atoms with Crippen LogP contribution in [0, 0.1) is 17.8 Å². The second kappa shape index (κ2) is 12.5. The molecule has 7 rings (SSSR count). The number of hydrogen-bond acceptors (Lipinski definition) is 8. The van der Waals surface area contributed by atoms with Crippen molar-refractivity contribution in [3.63, 3.8) is 0 Å². The van der Waals surface area contributed by atoms with Crippen molar-refractivity contribution < 1.29 is 31.5 Å². The van der Waals surface area contributed by atoms with E-state index >= 15 is 0 Å². The van der Waals surface area contributed by atoms with Gasteiger partial charge in [-0.3, -0.25) is 19.2 Å². The van der Waals surface area contributed by atoms with Crippen molar-refractivity contribution in [3.05, 3.63) is 35.5 Å². The zero-order valence-corrected chi connectivity index (χ0v) is 27.5. The Morgan fingerprint density at radius 3 is 2.59 bits per heavy atom. The van der Waals surface area contributed by atoms with E-state index < -0.39 is 48.3 Å². The normalized spacial score (nSPS) is 25.0. The average Bonchev–Trinajstić information content (AvgIpc) is 3.45. The molecule has 4 fully saturated rings. The first-order valence-corrected chi connectivity index (χ1v) is 17.0. The number of piperidine rings is 1. The number of carbonyl (C=O) groups is 2. The zero-order chi connectivity index (χ0) is 34.7. The summed E-state index contributed by atoms with van der Waals surface area (Å²) < 4.78 is 72.5. The van der Waals surface area contributed by atoms with E-state index in [2.05, 4.69) is 32.6 Å². The summed E-state index contributed by atoms with van der Waals surface area (Å²) in [5, 5.41) is 14.4. The van der Waals surface area contributed by atoms with Gasteiger partial charge in [0.05, 0.1) is 23.9 Å². The maximum atomic E-state index is 14.2. The van der Waals surface area contributed by atoms with E-state index in [0.29, 0.717) is 42.5 Å². The predicted octanol–water partition coefficient (Wildman–Crippen LogP) is 3.78. The van der Waals surface area contributed by atoms with E-state index in [9.17, 15) is 31.5 Å². The molecule has 5 heterocycles. The Bertz CT molecular complexity index is 1710. The molecule has 2 saturated carbocycles. The Balaban J connectivity index is 1.25. The van der Waals surface area contributed by atoms with Crippen molar-refractivity contribution in [2.45, 2.75) is 88.5 Å². The highest BCUT2D eigenvalue weighted by atomic mass is 19.4. The number of aromatic nitrogens is 6. The van der Waals surface area contributed by atoms with Gasteiger partial charge in [-0.05, 0) is 58.1 Å². The van der Waals surface area contributed by atoms with Gasteiger partial charge >= 0.3 is 6.18 Å². The summed E-state index contributed by atoms with van der Waals surface area (Å²) in [5.74, 6) is -5.96. The lowest BCUT2D eigenvalue weighted by Gasteiger charge is -2.41. The first-order valence-electron chi connectivity index (χ1n) is 17.0. The highest BCUT2D eigenvalue weighted by molar-refractivity contribution is 5.92. The summed E-state index contributed by atoms with van der Waals surface area (Å²) in [4.78, 5) is 40.4. The number of rotatable bonds is 8. The highest BCUT2D eigenvalue weighted by Crippen LogP contribution is 2.45. The number of halogens is 5. The smallest absolute Gasteiger partial charge is 0.355 e. The SMILES string of the molecule is CCn1nccc1C(=O)NC(c1cn2nc(CC3C[C@@H](C(F)(F)F)CNC3=O)c(N3CCN(C)C4(CC4)C3)nc2n1)C1CCC(F)(F)CC1. The van der Waals surface area contributed by atoms with Crippen molar-refractivity contribution >= 4 is 23.4 Å². The van der Waals surface area contributed by atoms with Gasteiger partial charge in [-0.25, -0.2) is 18.3 Å². The molecule has 17 heteroatoms. The molecule has 3 atom stereocenters. The fraction of sp³-hybridized carbons (Fsp3) is 0.688. The Kier molecular flexibility index (Phi) is 8.54. The van der Waals surface area contributed by atoms with Gasteiger partial charge in [0.1, 0.15) is 11.4 Å². The molecule has 3 aromatic heterocycles. The standard InChI is InChI=1S/C32H41F5N10O2/c1-3-46-24(6-11-39-46)28(49)41-25(19-4-7-31(33,34)8-5-19)23-17-47-29(40-23)42-26(45-13-12-44(2)30(18-45)9-10-30)22(43-47)15-20-14-21(32(35,36)37)16-38-27(20)48/h6,11,17,19-21,25H,3-5,7-10,12-16,18H2,1-2H3,(H,38,48)(H,41,49)/t20?,21-,25?/m1/s1. The third-order valence-corrected chi connectivity index (χ3v) is 11.0. The van der Waals surface area contributed by atoms with Gasteiger partial charge in [-0.2, -0.15) is 28.4 Å². The summed E-state index contributed by atoms with van der Waals surface area (Å²) >= 11 is 0. The number of nitrogens with zero attached hydrogens (tertiary/aromatic N) is 8. The number of imidazole rings is 1. The van der Waals surface area contributed by atoms with Gasteiger partial charge in [-0.15, -0.1) is 0 Å². The van der Waals surface area contributed by atoms with Crippen LogP contribution in [0.2, 0.25) is 0 Å². The largest absolute Gasteiger partial charge is 0.393 e. The second-order valence-corrected chi connectivity index (χ2v) is 14.2. The van der Waals surface area contributed by atoms with E-state index in [1.807, 2.05) is 6.92 Å². The molecule has 0 radical (unpaired) electrons. The second-order valence-electron chi connectivity index (χ2n) is 14.2. The predicted molar refractivity (Wildman–Crippen MR) is 167 cm³/mol. The number of nitrogens with one attached hydrogen (secondary N) is 2. The topological polar surface area (TPSA) is 126 Å². The first kappa shape index (κ1) is 33.6. The number of aryl methyl sites for hydroxylation is 1. The van der Waals surface area contributed by atoms with Gasteiger partial charge in [0.15, 0.2) is 5.82 Å². The summed E-state index contributed by atoms with van der Waals surface area (Å²) in [7, 11) is 2.08. The van der Waals surface area contributed by atoms with E-state index in [0.717, 1.165) is 19.4 Å². The van der Waals surface area contributed by atoms with Crippen molar-refractivity contribution in [2.24, 2.45) is 17.8 Å². The quantitative estimate of drug-likeness (QED) is 0.342. The molecule has 2 saturated heterocycles. The van der Waals surface area contributed by atoms with Crippen LogP contribution in [0.1, 0.15) is 79.8 Å². The lowest BCUT2D eigenvalue weighted by molar-refractivity contribution is -0.183. The molecule has 0 bridgehead atoms. The number of likely N-dealkylation sites (N-methyl/N-ethyl adjacent to an activating group) is 1. The van der Waals surface area contributed by atoms with Gasteiger partial charge in [0.25, 0.3) is 11.7 Å². The molecule has 2 amide bonds. The zero-order valence-electron chi connectivity index (χ0n) is 27.5. The molecule has 2 aliphatic heterocycles. The number of amides is 2. The maximum Gasteiger partial charge on any atom is 0.393 e. The molecule has 2 N–H and O–H groups in total. The number of alkyl halides is 5. The summed E-state index contributed by atoms with van der Waals surface area (Å²) in [6.07, 6.45) is -0.0332. The molecule has 2 unspecified atom stereocenters. The van der Waals surface area contributed by atoms with Crippen LogP contribution < -0.4 is 15.5 Å². The minimum Gasteiger partial charge on any atom is -0.355 e. The third-order valence-electron chi connectivity index (χ3n) is 11.0. The van der Waals surface area contributed by atoms with Crippen LogP contribution in [-0.4, -0.2) is 96.9 Å². The first-order chi connectivity index (χ1) is 23.2. The Hall–Kier alpha value is -3.89. The van der Waals surface area contributed by atoms with Crippen LogP contribution in [-0.2, 0) is 17.8 Å². The van der Waals surface area contributed by atoms with Crippen LogP contribution >= 0.6 is 0 Å². The lowest BCUT2D eigenvalue weighted by Crippen LogP contribution is -2.54. The number of hydrogen-bond donors (Lipinski definition) is 2. The summed E-state index contributed by atoms with van der Waals surface area (Å²) in [6.45, 7) is 3.86. The van der Waals surface area contributed by atoms with Gasteiger partial charge < -0.3 is 15.5 Å². The van der Waals surface area contributed by atoms with E-state index in [1.165, 1.54) is 10.7 Å². The van der Waals surface area contributed by atoms with E-state index in [-0.39, 0.29) is 55.8 Å². The van der Waals surface area contributed by atoms with Crippen LogP contribution in [0.3, 0.4) is 0 Å². The molecule has 3 aromatic rings. The molecule has 2 aliphatic carbocycles. The number of fused-ring (bicyclic) bond motifs is 1. The van der Waals surface area contributed by atoms with Crippen LogP contribution in [0.15, 0.2) is 18.5 Å². The van der Waals surface area contributed by atoms with Gasteiger partial charge in [-0.1, -0.05) is 0 Å². The van der Waals surface area contributed by atoms with Crippen molar-refractivity contribution in [1.82, 2.24) is 44.9 Å². The molecule has 1 spiro atoms. The fourth-order valence-corrected chi connectivity index (χ4v) is 7.71. The molecular formula is C32H41F5N10O2.